The summed E-state index contributed by atoms with van der Waals surface area (Å²) >= 11 is 0. The van der Waals surface area contributed by atoms with E-state index in [0.29, 0.717) is 16.8 Å². The first-order chi connectivity index (χ1) is 11.7. The first kappa shape index (κ1) is 16.5. The van der Waals surface area contributed by atoms with Crippen LogP contribution in [0.1, 0.15) is 40.7 Å². The standard InChI is InChI=1S/C19H23N3O2/c23-19(18-8-12-22(24)13-9-18)20-14-16-4-6-17(7-5-16)15-21-10-2-1-3-11-21/h4-9,12-13H,1-3,10-11,14-15H2,(H,20,23). The lowest BCUT2D eigenvalue weighted by Gasteiger charge is -2.26. The Bertz CT molecular complexity index is 662. The molecule has 0 saturated carbocycles. The minimum Gasteiger partial charge on any atom is -0.619 e. The van der Waals surface area contributed by atoms with Crippen molar-refractivity contribution in [3.63, 3.8) is 0 Å². The number of carbonyl (C=O) groups excluding carboxylic acids is 1. The van der Waals surface area contributed by atoms with Crippen molar-refractivity contribution in [1.82, 2.24) is 10.2 Å². The van der Waals surface area contributed by atoms with E-state index in [1.54, 1.807) is 0 Å². The molecule has 0 bridgehead atoms. The van der Waals surface area contributed by atoms with Gasteiger partial charge in [0.1, 0.15) is 0 Å². The molecule has 1 aliphatic rings. The number of amides is 1. The number of pyridine rings is 1. The Labute approximate surface area is 142 Å². The van der Waals surface area contributed by atoms with E-state index < -0.39 is 0 Å². The first-order valence-electron chi connectivity index (χ1n) is 8.48. The molecule has 5 nitrogen and oxygen atoms in total. The van der Waals surface area contributed by atoms with E-state index in [-0.39, 0.29) is 5.91 Å². The highest BCUT2D eigenvalue weighted by atomic mass is 16.5. The summed E-state index contributed by atoms with van der Waals surface area (Å²) in [7, 11) is 0. The minimum absolute atomic E-state index is 0.173. The van der Waals surface area contributed by atoms with Crippen LogP contribution in [0.4, 0.5) is 0 Å². The van der Waals surface area contributed by atoms with Crippen LogP contribution in [0, 0.1) is 5.21 Å². The smallest absolute Gasteiger partial charge is 0.252 e. The fourth-order valence-electron chi connectivity index (χ4n) is 2.99. The van der Waals surface area contributed by atoms with Crippen LogP contribution >= 0.6 is 0 Å². The number of benzene rings is 1. The van der Waals surface area contributed by atoms with Gasteiger partial charge in [0, 0.05) is 25.2 Å². The summed E-state index contributed by atoms with van der Waals surface area (Å²) in [5.74, 6) is -0.173. The van der Waals surface area contributed by atoms with Crippen molar-refractivity contribution in [3.8, 4) is 0 Å². The van der Waals surface area contributed by atoms with Crippen molar-refractivity contribution in [2.75, 3.05) is 13.1 Å². The van der Waals surface area contributed by atoms with E-state index in [1.165, 1.54) is 62.4 Å². The monoisotopic (exact) mass is 325 g/mol. The van der Waals surface area contributed by atoms with Crippen LogP contribution in [0.15, 0.2) is 48.8 Å². The zero-order valence-corrected chi connectivity index (χ0v) is 13.8. The van der Waals surface area contributed by atoms with Gasteiger partial charge >= 0.3 is 0 Å². The molecular formula is C19H23N3O2. The Kier molecular flexibility index (Phi) is 5.43. The van der Waals surface area contributed by atoms with E-state index in [1.807, 2.05) is 0 Å². The second kappa shape index (κ2) is 7.93. The van der Waals surface area contributed by atoms with Crippen molar-refractivity contribution < 1.29 is 9.52 Å². The quantitative estimate of drug-likeness (QED) is 0.677. The van der Waals surface area contributed by atoms with Crippen LogP contribution < -0.4 is 10.0 Å². The third-order valence-electron chi connectivity index (χ3n) is 4.40. The summed E-state index contributed by atoms with van der Waals surface area (Å²) in [6, 6.07) is 11.4. The lowest BCUT2D eigenvalue weighted by Crippen LogP contribution is -2.29. The van der Waals surface area contributed by atoms with Gasteiger partial charge < -0.3 is 10.5 Å². The second-order valence-corrected chi connectivity index (χ2v) is 6.28. The van der Waals surface area contributed by atoms with Crippen LogP contribution in [0.3, 0.4) is 0 Å². The van der Waals surface area contributed by atoms with Gasteiger partial charge in [-0.25, -0.2) is 0 Å². The fraction of sp³-hybridized carbons (Fsp3) is 0.368. The molecular weight excluding hydrogens is 302 g/mol. The molecule has 0 radical (unpaired) electrons. The number of likely N-dealkylation sites (tertiary alicyclic amines) is 1. The van der Waals surface area contributed by atoms with E-state index in [4.69, 9.17) is 0 Å². The topological polar surface area (TPSA) is 59.3 Å². The Hall–Kier alpha value is -2.40. The third-order valence-corrected chi connectivity index (χ3v) is 4.40. The van der Waals surface area contributed by atoms with E-state index in [9.17, 15) is 10.0 Å². The lowest BCUT2D eigenvalue weighted by atomic mass is 10.1. The van der Waals surface area contributed by atoms with Crippen LogP contribution in [0.25, 0.3) is 0 Å². The van der Waals surface area contributed by atoms with Crippen molar-refractivity contribution in [2.45, 2.75) is 32.4 Å². The Balaban J connectivity index is 1.50. The summed E-state index contributed by atoms with van der Waals surface area (Å²) in [5.41, 5.74) is 2.87. The number of piperidine rings is 1. The summed E-state index contributed by atoms with van der Waals surface area (Å²) in [6.07, 6.45) is 6.60. The molecule has 1 aromatic heterocycles. The van der Waals surface area contributed by atoms with Crippen molar-refractivity contribution >= 4 is 5.91 Å². The highest BCUT2D eigenvalue weighted by Crippen LogP contribution is 2.13. The molecule has 1 N–H and O–H groups in total. The minimum atomic E-state index is -0.173. The molecule has 1 aromatic carbocycles. The van der Waals surface area contributed by atoms with Crippen LogP contribution in [-0.4, -0.2) is 23.9 Å². The molecule has 0 aliphatic carbocycles. The summed E-state index contributed by atoms with van der Waals surface area (Å²) < 4.78 is 0.665. The van der Waals surface area contributed by atoms with Gasteiger partial charge in [0.25, 0.3) is 5.91 Å². The molecule has 2 heterocycles. The van der Waals surface area contributed by atoms with Gasteiger partial charge in [-0.3, -0.25) is 9.69 Å². The number of aromatic nitrogens is 1. The normalized spacial score (nSPS) is 15.2. The van der Waals surface area contributed by atoms with Gasteiger partial charge in [0.15, 0.2) is 12.4 Å². The molecule has 1 fully saturated rings. The molecule has 24 heavy (non-hydrogen) atoms. The Morgan fingerprint density at radius 3 is 2.29 bits per heavy atom. The molecule has 2 aromatic rings. The number of nitrogens with zero attached hydrogens (tertiary/aromatic N) is 2. The average molecular weight is 325 g/mol. The van der Waals surface area contributed by atoms with Gasteiger partial charge in [-0.1, -0.05) is 30.7 Å². The van der Waals surface area contributed by atoms with Gasteiger partial charge in [-0.2, -0.15) is 4.73 Å². The molecule has 1 aliphatic heterocycles. The molecule has 126 valence electrons. The highest BCUT2D eigenvalue weighted by molar-refractivity contribution is 5.93. The molecule has 3 rings (SSSR count). The maximum Gasteiger partial charge on any atom is 0.252 e. The van der Waals surface area contributed by atoms with Gasteiger partial charge in [-0.05, 0) is 37.1 Å². The maximum atomic E-state index is 12.0. The van der Waals surface area contributed by atoms with E-state index in [0.717, 1.165) is 12.1 Å². The first-order valence-corrected chi connectivity index (χ1v) is 8.48. The Morgan fingerprint density at radius 2 is 1.62 bits per heavy atom. The van der Waals surface area contributed by atoms with Crippen molar-refractivity contribution in [1.29, 1.82) is 0 Å². The molecule has 1 amide bonds. The number of nitrogens with one attached hydrogen (secondary N) is 1. The van der Waals surface area contributed by atoms with Crippen LogP contribution in [0.2, 0.25) is 0 Å². The van der Waals surface area contributed by atoms with Crippen molar-refractivity contribution in [3.05, 3.63) is 70.7 Å². The number of rotatable bonds is 5. The summed E-state index contributed by atoms with van der Waals surface area (Å²) in [4.78, 5) is 14.5. The van der Waals surface area contributed by atoms with Gasteiger partial charge in [-0.15, -0.1) is 0 Å². The summed E-state index contributed by atoms with van der Waals surface area (Å²) in [6.45, 7) is 3.87. The highest BCUT2D eigenvalue weighted by Gasteiger charge is 2.10. The molecule has 0 spiro atoms. The van der Waals surface area contributed by atoms with Crippen LogP contribution in [0.5, 0.6) is 0 Å². The largest absolute Gasteiger partial charge is 0.619 e. The van der Waals surface area contributed by atoms with Gasteiger partial charge in [0.2, 0.25) is 0 Å². The molecule has 0 atom stereocenters. The summed E-state index contributed by atoms with van der Waals surface area (Å²) in [5, 5.41) is 13.9. The molecule has 0 unspecified atom stereocenters. The fourth-order valence-corrected chi connectivity index (χ4v) is 2.99. The Morgan fingerprint density at radius 1 is 1.00 bits per heavy atom. The molecule has 1 saturated heterocycles. The number of hydrogen-bond acceptors (Lipinski definition) is 3. The van der Waals surface area contributed by atoms with Crippen LogP contribution in [-0.2, 0) is 13.1 Å². The zero-order valence-electron chi connectivity index (χ0n) is 13.8. The second-order valence-electron chi connectivity index (χ2n) is 6.28. The predicted octanol–water partition coefficient (Wildman–Crippen LogP) is 2.24. The zero-order chi connectivity index (χ0) is 16.8. The predicted molar refractivity (Wildman–Crippen MR) is 92.1 cm³/mol. The average Bonchev–Trinajstić information content (AvgIpc) is 2.62. The van der Waals surface area contributed by atoms with E-state index >= 15 is 0 Å². The SMILES string of the molecule is O=C(NCc1ccc(CN2CCCCC2)cc1)c1cc[n+]([O-])cc1. The number of carbonyl (C=O) groups is 1. The molecule has 5 heteroatoms. The third kappa shape index (κ3) is 4.55. The van der Waals surface area contributed by atoms with Crippen molar-refractivity contribution in [2.24, 2.45) is 0 Å². The number of hydrogen-bond donors (Lipinski definition) is 1. The van der Waals surface area contributed by atoms with Gasteiger partial charge in [0.05, 0.1) is 5.56 Å². The maximum absolute atomic E-state index is 12.0. The van der Waals surface area contributed by atoms with E-state index in [2.05, 4.69) is 34.5 Å². The lowest BCUT2D eigenvalue weighted by molar-refractivity contribution is -0.605.